The normalized spacial score (nSPS) is 19.4. The second kappa shape index (κ2) is 3.03. The van der Waals surface area contributed by atoms with Gasteiger partial charge in [-0.15, -0.1) is 0 Å². The van der Waals surface area contributed by atoms with Gasteiger partial charge < -0.3 is 5.11 Å². The van der Waals surface area contributed by atoms with Crippen molar-refractivity contribution in [1.29, 1.82) is 0 Å². The van der Waals surface area contributed by atoms with Crippen LogP contribution in [0.15, 0.2) is 0 Å². The number of hydrogen-bond acceptors (Lipinski definition) is 2. The molecule has 1 aliphatic rings. The van der Waals surface area contributed by atoms with Crippen molar-refractivity contribution in [3.05, 3.63) is 0 Å². The van der Waals surface area contributed by atoms with Gasteiger partial charge in [0.2, 0.25) is 0 Å². The standard InChI is InChI=1S/C8H12O3/c1-5(8(10)11)4-7(9)6-2-3-6/h5-6H,2-4H2,1H3,(H,10,11)/t5-/m0/s1. The molecule has 0 aromatic heterocycles. The van der Waals surface area contributed by atoms with E-state index >= 15 is 0 Å². The van der Waals surface area contributed by atoms with E-state index < -0.39 is 11.9 Å². The summed E-state index contributed by atoms with van der Waals surface area (Å²) in [4.78, 5) is 21.4. The Balaban J connectivity index is 2.28. The van der Waals surface area contributed by atoms with Gasteiger partial charge in [-0.2, -0.15) is 0 Å². The van der Waals surface area contributed by atoms with Crippen LogP contribution in [-0.4, -0.2) is 16.9 Å². The van der Waals surface area contributed by atoms with E-state index in [1.165, 1.54) is 0 Å². The van der Waals surface area contributed by atoms with E-state index in [0.717, 1.165) is 12.8 Å². The summed E-state index contributed by atoms with van der Waals surface area (Å²) in [6.45, 7) is 1.57. The summed E-state index contributed by atoms with van der Waals surface area (Å²) in [5.74, 6) is -1.07. The highest BCUT2D eigenvalue weighted by atomic mass is 16.4. The first kappa shape index (κ1) is 8.24. The first-order valence-electron chi connectivity index (χ1n) is 3.86. The molecule has 62 valence electrons. The predicted octanol–water partition coefficient (Wildman–Crippen LogP) is 1.08. The van der Waals surface area contributed by atoms with E-state index in [9.17, 15) is 9.59 Å². The van der Waals surface area contributed by atoms with Crippen molar-refractivity contribution in [3.8, 4) is 0 Å². The van der Waals surface area contributed by atoms with Crippen molar-refractivity contribution < 1.29 is 14.7 Å². The molecule has 1 saturated carbocycles. The highest BCUT2D eigenvalue weighted by Gasteiger charge is 2.31. The number of carboxylic acid groups (broad SMARTS) is 1. The highest BCUT2D eigenvalue weighted by Crippen LogP contribution is 2.31. The van der Waals surface area contributed by atoms with Crippen molar-refractivity contribution in [2.75, 3.05) is 0 Å². The van der Waals surface area contributed by atoms with Crippen LogP contribution < -0.4 is 0 Å². The summed E-state index contributed by atoms with van der Waals surface area (Å²) < 4.78 is 0. The molecule has 0 spiro atoms. The third kappa shape index (κ3) is 2.33. The van der Waals surface area contributed by atoms with E-state index in [-0.39, 0.29) is 18.1 Å². The molecule has 0 aliphatic heterocycles. The molecule has 1 fully saturated rings. The molecule has 1 N–H and O–H groups in total. The second-order valence-electron chi connectivity index (χ2n) is 3.18. The van der Waals surface area contributed by atoms with Crippen LogP contribution in [0.4, 0.5) is 0 Å². The van der Waals surface area contributed by atoms with E-state index in [1.807, 2.05) is 0 Å². The van der Waals surface area contributed by atoms with Crippen LogP contribution in [0.1, 0.15) is 26.2 Å². The molecule has 1 atom stereocenters. The third-order valence-corrected chi connectivity index (χ3v) is 1.96. The number of Topliss-reactive ketones (excluding diaryl/α,β-unsaturated/α-hetero) is 1. The molecule has 11 heavy (non-hydrogen) atoms. The first-order chi connectivity index (χ1) is 5.11. The quantitative estimate of drug-likeness (QED) is 0.662. The summed E-state index contributed by atoms with van der Waals surface area (Å²) >= 11 is 0. The Morgan fingerprint density at radius 1 is 1.55 bits per heavy atom. The molecule has 0 heterocycles. The molecule has 3 heteroatoms. The Kier molecular flexibility index (Phi) is 2.27. The Morgan fingerprint density at radius 3 is 2.45 bits per heavy atom. The Morgan fingerprint density at radius 2 is 2.09 bits per heavy atom. The van der Waals surface area contributed by atoms with Crippen LogP contribution in [0.25, 0.3) is 0 Å². The van der Waals surface area contributed by atoms with Crippen LogP contribution >= 0.6 is 0 Å². The summed E-state index contributed by atoms with van der Waals surface area (Å²) in [6, 6.07) is 0. The number of carbonyl (C=O) groups excluding carboxylic acids is 1. The minimum Gasteiger partial charge on any atom is -0.481 e. The minimum absolute atomic E-state index is 0.125. The smallest absolute Gasteiger partial charge is 0.306 e. The SMILES string of the molecule is C[C@@H](CC(=O)C1CC1)C(=O)O. The van der Waals surface area contributed by atoms with Gasteiger partial charge in [0.05, 0.1) is 5.92 Å². The number of hydrogen-bond donors (Lipinski definition) is 1. The van der Waals surface area contributed by atoms with Gasteiger partial charge in [-0.3, -0.25) is 9.59 Å². The number of aliphatic carboxylic acids is 1. The fourth-order valence-corrected chi connectivity index (χ4v) is 0.961. The zero-order valence-corrected chi connectivity index (χ0v) is 6.54. The maximum absolute atomic E-state index is 11.1. The molecule has 0 aromatic carbocycles. The molecule has 0 radical (unpaired) electrons. The Bertz CT molecular complexity index is 182. The highest BCUT2D eigenvalue weighted by molar-refractivity contribution is 5.86. The molecule has 0 unspecified atom stereocenters. The summed E-state index contributed by atoms with van der Waals surface area (Å²) in [7, 11) is 0. The fourth-order valence-electron chi connectivity index (χ4n) is 0.961. The van der Waals surface area contributed by atoms with Gasteiger partial charge in [-0.05, 0) is 12.8 Å². The number of carbonyl (C=O) groups is 2. The lowest BCUT2D eigenvalue weighted by Crippen LogP contribution is -2.15. The van der Waals surface area contributed by atoms with Gasteiger partial charge >= 0.3 is 5.97 Å². The van der Waals surface area contributed by atoms with Gasteiger partial charge in [0.1, 0.15) is 5.78 Å². The largest absolute Gasteiger partial charge is 0.481 e. The molecular weight excluding hydrogens is 144 g/mol. The van der Waals surface area contributed by atoms with Gasteiger partial charge in [-0.1, -0.05) is 6.92 Å². The van der Waals surface area contributed by atoms with Crippen molar-refractivity contribution in [3.63, 3.8) is 0 Å². The maximum Gasteiger partial charge on any atom is 0.306 e. The topological polar surface area (TPSA) is 54.4 Å². The van der Waals surface area contributed by atoms with Gasteiger partial charge in [0.25, 0.3) is 0 Å². The monoisotopic (exact) mass is 156 g/mol. The Labute approximate surface area is 65.4 Å². The van der Waals surface area contributed by atoms with Crippen LogP contribution in [0.2, 0.25) is 0 Å². The molecule has 0 amide bonds. The average Bonchev–Trinajstić information content (AvgIpc) is 2.67. The van der Waals surface area contributed by atoms with Gasteiger partial charge in [0.15, 0.2) is 0 Å². The lowest BCUT2D eigenvalue weighted by molar-refractivity contribution is -0.143. The van der Waals surface area contributed by atoms with Crippen LogP contribution in [0.3, 0.4) is 0 Å². The molecule has 1 rings (SSSR count). The molecule has 0 saturated heterocycles. The zero-order chi connectivity index (χ0) is 8.43. The zero-order valence-electron chi connectivity index (χ0n) is 6.54. The summed E-state index contributed by atoms with van der Waals surface area (Å²) in [6.07, 6.45) is 2.14. The minimum atomic E-state index is -0.876. The van der Waals surface area contributed by atoms with E-state index in [4.69, 9.17) is 5.11 Å². The van der Waals surface area contributed by atoms with Crippen LogP contribution in [0.5, 0.6) is 0 Å². The Hall–Kier alpha value is -0.860. The summed E-state index contributed by atoms with van der Waals surface area (Å²) in [5, 5.41) is 8.48. The van der Waals surface area contributed by atoms with Gasteiger partial charge in [-0.25, -0.2) is 0 Å². The average molecular weight is 156 g/mol. The van der Waals surface area contributed by atoms with E-state index in [1.54, 1.807) is 6.92 Å². The predicted molar refractivity (Wildman–Crippen MR) is 39.1 cm³/mol. The van der Waals surface area contributed by atoms with E-state index in [2.05, 4.69) is 0 Å². The van der Waals surface area contributed by atoms with Crippen molar-refractivity contribution in [2.45, 2.75) is 26.2 Å². The molecule has 3 nitrogen and oxygen atoms in total. The van der Waals surface area contributed by atoms with Crippen molar-refractivity contribution in [2.24, 2.45) is 11.8 Å². The second-order valence-corrected chi connectivity index (χ2v) is 3.18. The van der Waals surface area contributed by atoms with E-state index in [0.29, 0.717) is 0 Å². The molecule has 1 aliphatic carbocycles. The lowest BCUT2D eigenvalue weighted by atomic mass is 10.0. The van der Waals surface area contributed by atoms with Crippen molar-refractivity contribution >= 4 is 11.8 Å². The number of rotatable bonds is 4. The number of carboxylic acids is 1. The van der Waals surface area contributed by atoms with Crippen molar-refractivity contribution in [1.82, 2.24) is 0 Å². The fraction of sp³-hybridized carbons (Fsp3) is 0.750. The molecule has 0 aromatic rings. The summed E-state index contributed by atoms with van der Waals surface area (Å²) in [5.41, 5.74) is 0. The van der Waals surface area contributed by atoms with Gasteiger partial charge in [0, 0.05) is 12.3 Å². The van der Waals surface area contributed by atoms with Crippen LogP contribution in [-0.2, 0) is 9.59 Å². The molecule has 0 bridgehead atoms. The maximum atomic E-state index is 11.1. The first-order valence-corrected chi connectivity index (χ1v) is 3.86. The lowest BCUT2D eigenvalue weighted by Gasteiger charge is -2.02. The van der Waals surface area contributed by atoms with Crippen LogP contribution in [0, 0.1) is 11.8 Å². The molecular formula is C8H12O3. The third-order valence-electron chi connectivity index (χ3n) is 1.96. The number of ketones is 1.